The van der Waals surface area contributed by atoms with Gasteiger partial charge >= 0.3 is 6.61 Å². The maximum Gasteiger partial charge on any atom is 0.387 e. The van der Waals surface area contributed by atoms with Gasteiger partial charge in [-0.2, -0.15) is 8.78 Å². The molecule has 1 aromatic carbocycles. The quantitative estimate of drug-likeness (QED) is 0.353. The molecule has 0 spiro atoms. The van der Waals surface area contributed by atoms with E-state index in [0.29, 0.717) is 29.5 Å². The molecular formula is C16H19ClF2IN3O2. The van der Waals surface area contributed by atoms with Crippen LogP contribution in [0.15, 0.2) is 46.0 Å². The molecule has 0 unspecified atom stereocenters. The van der Waals surface area contributed by atoms with Crippen molar-refractivity contribution in [3.8, 4) is 5.75 Å². The first-order valence-electron chi connectivity index (χ1n) is 7.28. The summed E-state index contributed by atoms with van der Waals surface area (Å²) in [5.74, 6) is 1.47. The van der Waals surface area contributed by atoms with E-state index in [9.17, 15) is 8.78 Å². The van der Waals surface area contributed by atoms with Gasteiger partial charge in [-0.3, -0.25) is 4.99 Å². The Hall–Kier alpha value is -1.55. The summed E-state index contributed by atoms with van der Waals surface area (Å²) in [6, 6.07) is 8.20. The van der Waals surface area contributed by atoms with E-state index in [1.807, 2.05) is 12.1 Å². The molecule has 0 bridgehead atoms. The van der Waals surface area contributed by atoms with Crippen molar-refractivity contribution in [1.29, 1.82) is 0 Å². The highest BCUT2D eigenvalue weighted by Gasteiger charge is 2.11. The first-order chi connectivity index (χ1) is 11.6. The Bertz CT molecular complexity index is 669. The maximum absolute atomic E-state index is 12.4. The zero-order chi connectivity index (χ0) is 17.4. The maximum atomic E-state index is 12.4. The molecule has 1 aromatic heterocycles. The summed E-state index contributed by atoms with van der Waals surface area (Å²) in [6.07, 6.45) is 2.32. The van der Waals surface area contributed by atoms with Crippen LogP contribution in [0.1, 0.15) is 11.3 Å². The molecule has 0 saturated heterocycles. The smallest absolute Gasteiger partial charge is 0.387 e. The Morgan fingerprint density at radius 3 is 2.76 bits per heavy atom. The molecule has 1 heterocycles. The Kier molecular flexibility index (Phi) is 9.58. The predicted molar refractivity (Wildman–Crippen MR) is 104 cm³/mol. The molecule has 138 valence electrons. The van der Waals surface area contributed by atoms with Crippen LogP contribution in [0.25, 0.3) is 0 Å². The third-order valence-electron chi connectivity index (χ3n) is 3.15. The highest BCUT2D eigenvalue weighted by molar-refractivity contribution is 14.0. The van der Waals surface area contributed by atoms with E-state index < -0.39 is 6.61 Å². The van der Waals surface area contributed by atoms with Crippen LogP contribution in [-0.4, -0.2) is 26.2 Å². The van der Waals surface area contributed by atoms with E-state index in [-0.39, 0.29) is 36.3 Å². The lowest BCUT2D eigenvalue weighted by Crippen LogP contribution is -2.37. The van der Waals surface area contributed by atoms with Crippen molar-refractivity contribution >= 4 is 41.5 Å². The molecular weight excluding hydrogens is 467 g/mol. The zero-order valence-corrected chi connectivity index (χ0v) is 16.6. The van der Waals surface area contributed by atoms with Crippen LogP contribution in [0.5, 0.6) is 5.75 Å². The molecule has 0 aliphatic rings. The molecule has 0 saturated carbocycles. The molecule has 5 nitrogen and oxygen atoms in total. The van der Waals surface area contributed by atoms with Gasteiger partial charge in [0, 0.05) is 37.1 Å². The number of hydrogen-bond donors (Lipinski definition) is 2. The number of aliphatic imine (C=N–C) groups is 1. The summed E-state index contributed by atoms with van der Waals surface area (Å²) in [4.78, 5) is 4.08. The normalized spacial score (nSPS) is 11.2. The molecule has 0 fully saturated rings. The second-order valence-electron chi connectivity index (χ2n) is 4.81. The van der Waals surface area contributed by atoms with Crippen molar-refractivity contribution in [2.45, 2.75) is 19.6 Å². The van der Waals surface area contributed by atoms with Gasteiger partial charge in [-0.15, -0.1) is 24.0 Å². The largest absolute Gasteiger partial charge is 0.469 e. The topological polar surface area (TPSA) is 58.8 Å². The van der Waals surface area contributed by atoms with Crippen LogP contribution >= 0.6 is 35.6 Å². The number of nitrogens with zero attached hydrogens (tertiary/aromatic N) is 1. The first-order valence-corrected chi connectivity index (χ1v) is 7.66. The zero-order valence-electron chi connectivity index (χ0n) is 13.5. The Morgan fingerprint density at radius 1 is 1.32 bits per heavy atom. The van der Waals surface area contributed by atoms with Crippen LogP contribution in [0, 0.1) is 0 Å². The molecule has 9 heteroatoms. The number of hydrogen-bond acceptors (Lipinski definition) is 3. The van der Waals surface area contributed by atoms with E-state index in [4.69, 9.17) is 16.0 Å². The van der Waals surface area contributed by atoms with Gasteiger partial charge < -0.3 is 19.8 Å². The highest BCUT2D eigenvalue weighted by Crippen LogP contribution is 2.24. The molecule has 0 amide bonds. The molecule has 0 atom stereocenters. The second kappa shape index (κ2) is 11.1. The SMILES string of the molecule is CN=C(NCCc1ccco1)NCc1cc(Cl)ccc1OC(F)F.I. The predicted octanol–water partition coefficient (Wildman–Crippen LogP) is 4.06. The van der Waals surface area contributed by atoms with Crippen molar-refractivity contribution in [2.75, 3.05) is 13.6 Å². The first kappa shape index (κ1) is 21.5. The molecule has 2 N–H and O–H groups in total. The van der Waals surface area contributed by atoms with Gasteiger partial charge in [-0.05, 0) is 30.3 Å². The van der Waals surface area contributed by atoms with Gasteiger partial charge in [-0.25, -0.2) is 0 Å². The molecule has 0 aliphatic heterocycles. The van der Waals surface area contributed by atoms with Gasteiger partial charge in [-0.1, -0.05) is 11.6 Å². The lowest BCUT2D eigenvalue weighted by Gasteiger charge is -2.14. The number of nitrogens with one attached hydrogen (secondary N) is 2. The minimum Gasteiger partial charge on any atom is -0.469 e. The Morgan fingerprint density at radius 2 is 2.12 bits per heavy atom. The summed E-state index contributed by atoms with van der Waals surface area (Å²) >= 11 is 5.92. The van der Waals surface area contributed by atoms with E-state index >= 15 is 0 Å². The fourth-order valence-corrected chi connectivity index (χ4v) is 2.25. The summed E-state index contributed by atoms with van der Waals surface area (Å²) in [7, 11) is 1.62. The van der Waals surface area contributed by atoms with Crippen LogP contribution in [0.2, 0.25) is 5.02 Å². The van der Waals surface area contributed by atoms with Gasteiger partial charge in [0.25, 0.3) is 0 Å². The van der Waals surface area contributed by atoms with Crippen LogP contribution in [0.4, 0.5) is 8.78 Å². The second-order valence-corrected chi connectivity index (χ2v) is 5.25. The molecule has 0 radical (unpaired) electrons. The Balaban J connectivity index is 0.00000312. The standard InChI is InChI=1S/C16H18ClF2N3O2.HI/c1-20-16(21-7-6-13-3-2-8-23-13)22-10-11-9-12(17)4-5-14(11)24-15(18)19;/h2-5,8-9,15H,6-7,10H2,1H3,(H2,20,21,22);1H. The van der Waals surface area contributed by atoms with E-state index in [1.54, 1.807) is 19.4 Å². The third kappa shape index (κ3) is 7.47. The van der Waals surface area contributed by atoms with Crippen molar-refractivity contribution in [3.05, 3.63) is 52.9 Å². The van der Waals surface area contributed by atoms with Crippen molar-refractivity contribution in [2.24, 2.45) is 4.99 Å². The van der Waals surface area contributed by atoms with Crippen molar-refractivity contribution in [1.82, 2.24) is 10.6 Å². The molecule has 2 aromatic rings. The number of ether oxygens (including phenoxy) is 1. The summed E-state index contributed by atoms with van der Waals surface area (Å²) < 4.78 is 34.6. The van der Waals surface area contributed by atoms with Gasteiger partial charge in [0.15, 0.2) is 5.96 Å². The number of guanidine groups is 1. The van der Waals surface area contributed by atoms with E-state index in [1.165, 1.54) is 12.1 Å². The third-order valence-corrected chi connectivity index (χ3v) is 3.39. The minimum absolute atomic E-state index is 0. The van der Waals surface area contributed by atoms with Crippen molar-refractivity contribution in [3.63, 3.8) is 0 Å². The molecule has 25 heavy (non-hydrogen) atoms. The minimum atomic E-state index is -2.89. The van der Waals surface area contributed by atoms with Crippen LogP contribution < -0.4 is 15.4 Å². The lowest BCUT2D eigenvalue weighted by atomic mass is 10.2. The summed E-state index contributed by atoms with van der Waals surface area (Å²) in [6.45, 7) is -2.04. The molecule has 2 rings (SSSR count). The lowest BCUT2D eigenvalue weighted by molar-refractivity contribution is -0.0504. The average molecular weight is 486 g/mol. The number of benzene rings is 1. The number of rotatable bonds is 7. The summed E-state index contributed by atoms with van der Waals surface area (Å²) in [5, 5.41) is 6.58. The molecule has 0 aliphatic carbocycles. The average Bonchev–Trinajstić information content (AvgIpc) is 3.06. The fourth-order valence-electron chi connectivity index (χ4n) is 2.06. The summed E-state index contributed by atoms with van der Waals surface area (Å²) in [5.41, 5.74) is 0.511. The van der Waals surface area contributed by atoms with Gasteiger partial charge in [0.1, 0.15) is 11.5 Å². The van der Waals surface area contributed by atoms with Crippen molar-refractivity contribution < 1.29 is 17.9 Å². The monoisotopic (exact) mass is 485 g/mol. The van der Waals surface area contributed by atoms with Crippen LogP contribution in [-0.2, 0) is 13.0 Å². The number of halogens is 4. The Labute approximate surface area is 166 Å². The fraction of sp³-hybridized carbons (Fsp3) is 0.312. The number of alkyl halides is 2. The van der Waals surface area contributed by atoms with Gasteiger partial charge in [0.05, 0.1) is 6.26 Å². The number of furan rings is 1. The van der Waals surface area contributed by atoms with Crippen LogP contribution in [0.3, 0.4) is 0 Å². The highest BCUT2D eigenvalue weighted by atomic mass is 127. The van der Waals surface area contributed by atoms with E-state index in [2.05, 4.69) is 20.4 Å². The van der Waals surface area contributed by atoms with E-state index in [0.717, 1.165) is 5.76 Å². The van der Waals surface area contributed by atoms with Gasteiger partial charge in [0.2, 0.25) is 0 Å².